The van der Waals surface area contributed by atoms with Crippen LogP contribution in [0.15, 0.2) is 18.2 Å². The molecule has 0 saturated carbocycles. The normalized spacial score (nSPS) is 11.1. The molecule has 0 heterocycles. The molecule has 0 bridgehead atoms. The van der Waals surface area contributed by atoms with E-state index in [0.717, 1.165) is 5.56 Å². The lowest BCUT2D eigenvalue weighted by Gasteiger charge is -2.25. The zero-order chi connectivity index (χ0) is 15.3. The fourth-order valence-corrected chi connectivity index (χ4v) is 1.85. The highest BCUT2D eigenvalue weighted by molar-refractivity contribution is 6.04. The fourth-order valence-electron chi connectivity index (χ4n) is 1.85. The highest BCUT2D eigenvalue weighted by Gasteiger charge is 2.27. The molecule has 0 fully saturated rings. The van der Waals surface area contributed by atoms with E-state index in [-0.39, 0.29) is 5.91 Å². The van der Waals surface area contributed by atoms with E-state index >= 15 is 0 Å². The van der Waals surface area contributed by atoms with E-state index in [1.807, 2.05) is 19.9 Å². The highest BCUT2D eigenvalue weighted by atomic mass is 16.5. The van der Waals surface area contributed by atoms with Crippen molar-refractivity contribution in [3.63, 3.8) is 0 Å². The molecular weight excluding hydrogens is 256 g/mol. The molecule has 5 heteroatoms. The van der Waals surface area contributed by atoms with Crippen molar-refractivity contribution in [1.82, 2.24) is 5.32 Å². The Hall–Kier alpha value is -1.88. The molecule has 1 amide bonds. The summed E-state index contributed by atoms with van der Waals surface area (Å²) in [7, 11) is 1.32. The Kier molecular flexibility index (Phi) is 5.27. The number of carbonyl (C=O) groups excluding carboxylic acids is 2. The second kappa shape index (κ2) is 6.52. The molecule has 0 spiro atoms. The molecule has 0 atom stereocenters. The SMILES string of the molecule is CCNC(C)(C)C(=O)Nc1ccc(C)cc1C(=O)OC. The maximum atomic E-state index is 12.2. The number of nitrogens with one attached hydrogen (secondary N) is 2. The van der Waals surface area contributed by atoms with Crippen LogP contribution < -0.4 is 10.6 Å². The number of rotatable bonds is 5. The molecular formula is C15H22N2O3. The fraction of sp³-hybridized carbons (Fsp3) is 0.467. The minimum Gasteiger partial charge on any atom is -0.465 e. The van der Waals surface area contributed by atoms with Gasteiger partial charge in [-0.2, -0.15) is 0 Å². The average Bonchev–Trinajstić information content (AvgIpc) is 2.39. The van der Waals surface area contributed by atoms with Crippen LogP contribution in [-0.2, 0) is 9.53 Å². The summed E-state index contributed by atoms with van der Waals surface area (Å²) in [5, 5.41) is 5.86. The molecule has 2 N–H and O–H groups in total. The summed E-state index contributed by atoms with van der Waals surface area (Å²) in [6, 6.07) is 5.24. The van der Waals surface area contributed by atoms with Crippen LogP contribution in [0.3, 0.4) is 0 Å². The summed E-state index contributed by atoms with van der Waals surface area (Å²) in [5.74, 6) is -0.668. The smallest absolute Gasteiger partial charge is 0.339 e. The van der Waals surface area contributed by atoms with Crippen molar-refractivity contribution in [3.8, 4) is 0 Å². The first-order valence-corrected chi connectivity index (χ1v) is 6.57. The second-order valence-electron chi connectivity index (χ2n) is 5.15. The lowest BCUT2D eigenvalue weighted by molar-refractivity contribution is -0.121. The van der Waals surface area contributed by atoms with Crippen LogP contribution in [0.5, 0.6) is 0 Å². The maximum Gasteiger partial charge on any atom is 0.339 e. The van der Waals surface area contributed by atoms with Gasteiger partial charge in [-0.15, -0.1) is 0 Å². The standard InChI is InChI=1S/C15H22N2O3/c1-6-16-15(3,4)14(19)17-12-8-7-10(2)9-11(12)13(18)20-5/h7-9,16H,6H2,1-5H3,(H,17,19). The van der Waals surface area contributed by atoms with Gasteiger partial charge in [0.15, 0.2) is 0 Å². The molecule has 0 unspecified atom stereocenters. The van der Waals surface area contributed by atoms with Gasteiger partial charge >= 0.3 is 5.97 Å². The van der Waals surface area contributed by atoms with Gasteiger partial charge in [0, 0.05) is 0 Å². The minimum absolute atomic E-state index is 0.201. The largest absolute Gasteiger partial charge is 0.465 e. The van der Waals surface area contributed by atoms with Crippen molar-refractivity contribution in [3.05, 3.63) is 29.3 Å². The van der Waals surface area contributed by atoms with Crippen LogP contribution in [0.4, 0.5) is 5.69 Å². The van der Waals surface area contributed by atoms with Gasteiger partial charge in [0.2, 0.25) is 5.91 Å². The lowest BCUT2D eigenvalue weighted by Crippen LogP contribution is -2.49. The second-order valence-corrected chi connectivity index (χ2v) is 5.15. The van der Waals surface area contributed by atoms with E-state index < -0.39 is 11.5 Å². The third-order valence-electron chi connectivity index (χ3n) is 3.01. The Morgan fingerprint density at radius 1 is 1.30 bits per heavy atom. The third kappa shape index (κ3) is 3.81. The molecule has 0 aliphatic carbocycles. The topological polar surface area (TPSA) is 67.4 Å². The van der Waals surface area contributed by atoms with Crippen LogP contribution in [0, 0.1) is 6.92 Å². The number of aryl methyl sites for hydroxylation is 1. The van der Waals surface area contributed by atoms with Gasteiger partial charge < -0.3 is 15.4 Å². The Bertz CT molecular complexity index is 510. The van der Waals surface area contributed by atoms with Crippen molar-refractivity contribution in [1.29, 1.82) is 0 Å². The van der Waals surface area contributed by atoms with Crippen molar-refractivity contribution >= 4 is 17.6 Å². The molecule has 1 rings (SSSR count). The zero-order valence-electron chi connectivity index (χ0n) is 12.7. The first kappa shape index (κ1) is 16.2. The number of likely N-dealkylation sites (N-methyl/N-ethyl adjacent to an activating group) is 1. The van der Waals surface area contributed by atoms with Crippen LogP contribution in [-0.4, -0.2) is 31.1 Å². The number of esters is 1. The van der Waals surface area contributed by atoms with Crippen molar-refractivity contribution in [2.24, 2.45) is 0 Å². The molecule has 0 radical (unpaired) electrons. The molecule has 0 aromatic heterocycles. The van der Waals surface area contributed by atoms with E-state index in [1.165, 1.54) is 7.11 Å². The van der Waals surface area contributed by atoms with Gasteiger partial charge in [-0.05, 0) is 39.4 Å². The average molecular weight is 278 g/mol. The Morgan fingerprint density at radius 3 is 2.50 bits per heavy atom. The number of anilines is 1. The summed E-state index contributed by atoms with van der Waals surface area (Å²) in [6.45, 7) is 8.06. The zero-order valence-corrected chi connectivity index (χ0v) is 12.7. The molecule has 20 heavy (non-hydrogen) atoms. The summed E-state index contributed by atoms with van der Waals surface area (Å²) >= 11 is 0. The molecule has 1 aromatic carbocycles. The van der Waals surface area contributed by atoms with E-state index in [0.29, 0.717) is 17.8 Å². The highest BCUT2D eigenvalue weighted by Crippen LogP contribution is 2.20. The van der Waals surface area contributed by atoms with Crippen LogP contribution >= 0.6 is 0 Å². The lowest BCUT2D eigenvalue weighted by atomic mass is 10.0. The predicted molar refractivity (Wildman–Crippen MR) is 78.9 cm³/mol. The van der Waals surface area contributed by atoms with Crippen molar-refractivity contribution < 1.29 is 14.3 Å². The quantitative estimate of drug-likeness (QED) is 0.809. The summed E-state index contributed by atoms with van der Waals surface area (Å²) < 4.78 is 4.74. The summed E-state index contributed by atoms with van der Waals surface area (Å²) in [4.78, 5) is 24.0. The van der Waals surface area contributed by atoms with Gasteiger partial charge in [-0.25, -0.2) is 4.79 Å². The van der Waals surface area contributed by atoms with Crippen molar-refractivity contribution in [2.75, 3.05) is 19.0 Å². The van der Waals surface area contributed by atoms with E-state index in [9.17, 15) is 9.59 Å². The van der Waals surface area contributed by atoms with Gasteiger partial charge in [0.25, 0.3) is 0 Å². The Balaban J connectivity index is 3.03. The third-order valence-corrected chi connectivity index (χ3v) is 3.01. The van der Waals surface area contributed by atoms with Gasteiger partial charge in [0.1, 0.15) is 0 Å². The molecule has 0 saturated heterocycles. The first-order chi connectivity index (χ1) is 9.31. The van der Waals surface area contributed by atoms with Crippen LogP contribution in [0.25, 0.3) is 0 Å². The van der Waals surface area contributed by atoms with Gasteiger partial charge in [-0.1, -0.05) is 18.6 Å². The molecule has 0 aliphatic rings. The molecule has 1 aromatic rings. The van der Waals surface area contributed by atoms with Crippen LogP contribution in [0.1, 0.15) is 36.7 Å². The number of hydrogen-bond donors (Lipinski definition) is 2. The number of benzene rings is 1. The Labute approximate surface area is 119 Å². The monoisotopic (exact) mass is 278 g/mol. The van der Waals surface area contributed by atoms with Gasteiger partial charge in [-0.3, -0.25) is 4.79 Å². The van der Waals surface area contributed by atoms with E-state index in [2.05, 4.69) is 10.6 Å². The minimum atomic E-state index is -0.715. The summed E-state index contributed by atoms with van der Waals surface area (Å²) in [6.07, 6.45) is 0. The van der Waals surface area contributed by atoms with Gasteiger partial charge in [0.05, 0.1) is 23.9 Å². The predicted octanol–water partition coefficient (Wildman–Crippen LogP) is 2.11. The Morgan fingerprint density at radius 2 is 1.95 bits per heavy atom. The maximum absolute atomic E-state index is 12.2. The molecule has 5 nitrogen and oxygen atoms in total. The van der Waals surface area contributed by atoms with E-state index in [1.54, 1.807) is 26.0 Å². The number of methoxy groups -OCH3 is 1. The number of amides is 1. The molecule has 0 aliphatic heterocycles. The molecule has 110 valence electrons. The van der Waals surface area contributed by atoms with Crippen molar-refractivity contribution in [2.45, 2.75) is 33.2 Å². The van der Waals surface area contributed by atoms with E-state index in [4.69, 9.17) is 4.74 Å². The summed E-state index contributed by atoms with van der Waals surface area (Å²) in [5.41, 5.74) is 1.02. The first-order valence-electron chi connectivity index (χ1n) is 6.57. The number of ether oxygens (including phenoxy) is 1. The number of carbonyl (C=O) groups is 2. The number of hydrogen-bond acceptors (Lipinski definition) is 4. The van der Waals surface area contributed by atoms with Crippen LogP contribution in [0.2, 0.25) is 0 Å².